The molecule has 1 rings (SSSR count). The van der Waals surface area contributed by atoms with E-state index >= 15 is 0 Å². The number of carbonyl (C=O) groups excluding carboxylic acids is 1. The zero-order valence-electron chi connectivity index (χ0n) is 11.2. The summed E-state index contributed by atoms with van der Waals surface area (Å²) >= 11 is 0. The van der Waals surface area contributed by atoms with E-state index in [9.17, 15) is 23.5 Å². The molecule has 7 heteroatoms. The lowest BCUT2D eigenvalue weighted by Gasteiger charge is -2.28. The van der Waals surface area contributed by atoms with Crippen LogP contribution in [0.1, 0.15) is 26.3 Å². The molecule has 0 amide bonds. The van der Waals surface area contributed by atoms with Crippen molar-refractivity contribution in [3.05, 3.63) is 35.4 Å². The van der Waals surface area contributed by atoms with Crippen LogP contribution < -0.4 is 5.73 Å². The standard InChI is InChI=1S/C13H15F2NO4/c1-12(2,3)20-11(19)13(16,10(17)18)7-4-5-8(14)9(15)6-7/h4-6H,16H2,1-3H3,(H,17,18). The predicted octanol–water partition coefficient (Wildman–Crippen LogP) is 1.55. The summed E-state index contributed by atoms with van der Waals surface area (Å²) < 4.78 is 31.0. The van der Waals surface area contributed by atoms with Crippen molar-refractivity contribution in [2.45, 2.75) is 31.9 Å². The number of esters is 1. The second-order valence-electron chi connectivity index (χ2n) is 5.24. The molecule has 0 saturated heterocycles. The number of aliphatic carboxylic acids is 1. The van der Waals surface area contributed by atoms with Crippen LogP contribution in [0.15, 0.2) is 18.2 Å². The summed E-state index contributed by atoms with van der Waals surface area (Å²) in [7, 11) is 0. The maximum Gasteiger partial charge on any atom is 0.343 e. The molecule has 0 aliphatic heterocycles. The van der Waals surface area contributed by atoms with Gasteiger partial charge in [-0.2, -0.15) is 0 Å². The molecule has 0 fully saturated rings. The molecule has 110 valence electrons. The third kappa shape index (κ3) is 3.11. The van der Waals surface area contributed by atoms with Gasteiger partial charge in [0.25, 0.3) is 0 Å². The third-order valence-electron chi connectivity index (χ3n) is 2.43. The Balaban J connectivity index is 3.31. The maximum atomic E-state index is 13.2. The molecule has 1 atom stereocenters. The van der Waals surface area contributed by atoms with Crippen LogP contribution in [0.25, 0.3) is 0 Å². The molecule has 1 unspecified atom stereocenters. The quantitative estimate of drug-likeness (QED) is 0.650. The van der Waals surface area contributed by atoms with Crippen molar-refractivity contribution < 1.29 is 28.2 Å². The molecule has 1 aromatic rings. The lowest BCUT2D eigenvalue weighted by Crippen LogP contribution is -2.54. The highest BCUT2D eigenvalue weighted by molar-refractivity contribution is 6.04. The van der Waals surface area contributed by atoms with Crippen LogP contribution in [0, 0.1) is 11.6 Å². The topological polar surface area (TPSA) is 89.6 Å². The van der Waals surface area contributed by atoms with Gasteiger partial charge in [-0.05, 0) is 38.5 Å². The Morgan fingerprint density at radius 1 is 1.20 bits per heavy atom. The number of halogens is 2. The molecule has 0 radical (unpaired) electrons. The zero-order valence-corrected chi connectivity index (χ0v) is 11.2. The molecule has 0 saturated carbocycles. The Hall–Kier alpha value is -2.02. The Kier molecular flexibility index (Phi) is 4.14. The maximum absolute atomic E-state index is 13.2. The monoisotopic (exact) mass is 287 g/mol. The molecule has 0 aromatic heterocycles. The number of hydrogen-bond acceptors (Lipinski definition) is 4. The van der Waals surface area contributed by atoms with Gasteiger partial charge in [-0.1, -0.05) is 6.07 Å². The van der Waals surface area contributed by atoms with Crippen molar-refractivity contribution in [1.82, 2.24) is 0 Å². The Labute approximate surface area is 114 Å². The van der Waals surface area contributed by atoms with Crippen LogP contribution in [-0.2, 0) is 19.9 Å². The molecule has 0 aliphatic carbocycles. The first-order valence-electron chi connectivity index (χ1n) is 5.69. The number of carbonyl (C=O) groups is 2. The highest BCUT2D eigenvalue weighted by Crippen LogP contribution is 2.25. The highest BCUT2D eigenvalue weighted by atomic mass is 19.2. The van der Waals surface area contributed by atoms with E-state index in [-0.39, 0.29) is 0 Å². The van der Waals surface area contributed by atoms with E-state index < -0.39 is 40.3 Å². The predicted molar refractivity (Wildman–Crippen MR) is 65.7 cm³/mol. The van der Waals surface area contributed by atoms with E-state index in [2.05, 4.69) is 0 Å². The van der Waals surface area contributed by atoms with E-state index in [0.29, 0.717) is 12.1 Å². The second kappa shape index (κ2) is 5.16. The number of carboxylic acids is 1. The lowest BCUT2D eigenvalue weighted by molar-refractivity contribution is -0.169. The molecule has 0 aliphatic rings. The Morgan fingerprint density at radius 2 is 1.75 bits per heavy atom. The number of hydrogen-bond donors (Lipinski definition) is 2. The van der Waals surface area contributed by atoms with E-state index in [4.69, 9.17) is 10.5 Å². The van der Waals surface area contributed by atoms with E-state index in [0.717, 1.165) is 6.07 Å². The van der Waals surface area contributed by atoms with Gasteiger partial charge in [0.15, 0.2) is 11.6 Å². The van der Waals surface area contributed by atoms with Crippen LogP contribution >= 0.6 is 0 Å². The smallest absolute Gasteiger partial charge is 0.343 e. The van der Waals surface area contributed by atoms with Crippen molar-refractivity contribution in [2.75, 3.05) is 0 Å². The molecule has 3 N–H and O–H groups in total. The van der Waals surface area contributed by atoms with Crippen LogP contribution in [0.3, 0.4) is 0 Å². The summed E-state index contributed by atoms with van der Waals surface area (Å²) in [5.74, 6) is -5.46. The number of carboxylic acid groups (broad SMARTS) is 1. The Morgan fingerprint density at radius 3 is 2.15 bits per heavy atom. The summed E-state index contributed by atoms with van der Waals surface area (Å²) in [6.07, 6.45) is 0. The molecule has 20 heavy (non-hydrogen) atoms. The van der Waals surface area contributed by atoms with Crippen molar-refractivity contribution in [1.29, 1.82) is 0 Å². The molecule has 5 nitrogen and oxygen atoms in total. The van der Waals surface area contributed by atoms with E-state index in [1.54, 1.807) is 0 Å². The van der Waals surface area contributed by atoms with Gasteiger partial charge in [0.05, 0.1) is 0 Å². The van der Waals surface area contributed by atoms with Gasteiger partial charge in [0.2, 0.25) is 5.54 Å². The highest BCUT2D eigenvalue weighted by Gasteiger charge is 2.47. The van der Waals surface area contributed by atoms with Gasteiger partial charge in [0, 0.05) is 0 Å². The van der Waals surface area contributed by atoms with Crippen molar-refractivity contribution in [3.8, 4) is 0 Å². The summed E-state index contributed by atoms with van der Waals surface area (Å²) in [4.78, 5) is 23.3. The lowest BCUT2D eigenvalue weighted by atomic mass is 9.90. The summed E-state index contributed by atoms with van der Waals surface area (Å²) in [5, 5.41) is 9.17. The molecule has 0 bridgehead atoms. The van der Waals surface area contributed by atoms with E-state index in [1.165, 1.54) is 20.8 Å². The molecular formula is C13H15F2NO4. The van der Waals surface area contributed by atoms with Gasteiger partial charge in [-0.15, -0.1) is 0 Å². The number of nitrogens with two attached hydrogens (primary N) is 1. The third-order valence-corrected chi connectivity index (χ3v) is 2.43. The zero-order chi connectivity index (χ0) is 15.7. The average Bonchev–Trinajstić information content (AvgIpc) is 2.29. The number of ether oxygens (including phenoxy) is 1. The summed E-state index contributed by atoms with van der Waals surface area (Å²) in [6, 6.07) is 2.18. The minimum Gasteiger partial charge on any atom is -0.479 e. The molecule has 0 heterocycles. The minimum absolute atomic E-state index is 0.404. The first-order chi connectivity index (χ1) is 8.98. The fourth-order valence-electron chi connectivity index (χ4n) is 1.43. The SMILES string of the molecule is CC(C)(C)OC(=O)C(N)(C(=O)O)c1ccc(F)c(F)c1. The molecule has 0 spiro atoms. The van der Waals surface area contributed by atoms with Gasteiger partial charge in [-0.25, -0.2) is 18.4 Å². The van der Waals surface area contributed by atoms with E-state index in [1.807, 2.05) is 0 Å². The van der Waals surface area contributed by atoms with Gasteiger partial charge < -0.3 is 15.6 Å². The normalized spacial score (nSPS) is 14.5. The van der Waals surface area contributed by atoms with Crippen LogP contribution in [0.5, 0.6) is 0 Å². The van der Waals surface area contributed by atoms with Crippen molar-refractivity contribution in [3.63, 3.8) is 0 Å². The van der Waals surface area contributed by atoms with Gasteiger partial charge in [0.1, 0.15) is 5.60 Å². The summed E-state index contributed by atoms with van der Waals surface area (Å²) in [6.45, 7) is 4.58. The average molecular weight is 287 g/mol. The fraction of sp³-hybridized carbons (Fsp3) is 0.385. The van der Waals surface area contributed by atoms with Crippen LogP contribution in [0.2, 0.25) is 0 Å². The Bertz CT molecular complexity index is 554. The first kappa shape index (κ1) is 16.0. The van der Waals surface area contributed by atoms with Crippen molar-refractivity contribution >= 4 is 11.9 Å². The van der Waals surface area contributed by atoms with Crippen LogP contribution in [-0.4, -0.2) is 22.6 Å². The summed E-state index contributed by atoms with van der Waals surface area (Å²) in [5.41, 5.74) is 1.58. The second-order valence-corrected chi connectivity index (χ2v) is 5.24. The first-order valence-corrected chi connectivity index (χ1v) is 5.69. The largest absolute Gasteiger partial charge is 0.479 e. The molecular weight excluding hydrogens is 272 g/mol. The van der Waals surface area contributed by atoms with Crippen LogP contribution in [0.4, 0.5) is 8.78 Å². The number of rotatable bonds is 3. The van der Waals surface area contributed by atoms with Gasteiger partial charge in [-0.3, -0.25) is 0 Å². The molecule has 1 aromatic carbocycles. The van der Waals surface area contributed by atoms with Gasteiger partial charge >= 0.3 is 11.9 Å². The minimum atomic E-state index is -2.61. The number of benzene rings is 1. The van der Waals surface area contributed by atoms with Crippen molar-refractivity contribution in [2.24, 2.45) is 5.73 Å². The fourth-order valence-corrected chi connectivity index (χ4v) is 1.43.